The van der Waals surface area contributed by atoms with Gasteiger partial charge in [-0.3, -0.25) is 0 Å². The summed E-state index contributed by atoms with van der Waals surface area (Å²) in [4.78, 5) is 15.0. The van der Waals surface area contributed by atoms with Crippen LogP contribution in [0.25, 0.3) is 0 Å². The molecule has 5 N–H and O–H groups in total. The van der Waals surface area contributed by atoms with E-state index in [0.717, 1.165) is 48.3 Å². The molecule has 8 nitrogen and oxygen atoms in total. The third-order valence-corrected chi connectivity index (χ3v) is 10.0. The van der Waals surface area contributed by atoms with Gasteiger partial charge in [0.05, 0.1) is 13.2 Å². The molecule has 6 aliphatic rings. The Labute approximate surface area is 228 Å². The monoisotopic (exact) mass is 528 g/mol. The van der Waals surface area contributed by atoms with Crippen molar-refractivity contribution >= 4 is 18.5 Å². The van der Waals surface area contributed by atoms with E-state index in [2.05, 4.69) is 4.99 Å². The lowest BCUT2D eigenvalue weighted by Crippen LogP contribution is -2.21. The van der Waals surface area contributed by atoms with Crippen LogP contribution in [0.1, 0.15) is 92.4 Å². The zero-order valence-corrected chi connectivity index (χ0v) is 22.7. The zero-order valence-electron chi connectivity index (χ0n) is 22.7. The number of amides is 1. The Bertz CT molecular complexity index is 972. The molecule has 6 saturated carbocycles. The predicted molar refractivity (Wildman–Crippen MR) is 150 cm³/mol. The number of carbonyl (C=O) groups excluding carboxylic acids is 1. The third-order valence-electron chi connectivity index (χ3n) is 10.0. The molecule has 212 valence electrons. The number of hydrogen-bond donors (Lipinski definition) is 3. The second kappa shape index (κ2) is 9.91. The van der Waals surface area contributed by atoms with Crippen molar-refractivity contribution < 1.29 is 19.0 Å². The van der Waals surface area contributed by atoms with Crippen LogP contribution in [-0.4, -0.2) is 37.3 Å². The highest BCUT2D eigenvalue weighted by Crippen LogP contribution is 2.93. The van der Waals surface area contributed by atoms with Crippen LogP contribution in [0, 0.1) is 38.9 Å². The van der Waals surface area contributed by atoms with Gasteiger partial charge in [0.2, 0.25) is 0 Å². The minimum atomic E-state index is -0.624. The largest absolute Gasteiger partial charge is 0.479 e. The maximum atomic E-state index is 11.4. The summed E-state index contributed by atoms with van der Waals surface area (Å²) < 4.78 is 15.9. The maximum absolute atomic E-state index is 11.4. The van der Waals surface area contributed by atoms with Gasteiger partial charge in [-0.2, -0.15) is 4.99 Å². The molecule has 1 amide bonds. The Balaban J connectivity index is 0.000000184. The van der Waals surface area contributed by atoms with Crippen molar-refractivity contribution in [3.05, 3.63) is 23.9 Å². The summed E-state index contributed by atoms with van der Waals surface area (Å²) in [5.74, 6) is 2.46. The van der Waals surface area contributed by atoms with E-state index < -0.39 is 11.7 Å². The predicted octanol–water partition coefficient (Wildman–Crippen LogP) is 6.06. The van der Waals surface area contributed by atoms with Crippen LogP contribution < -0.4 is 11.5 Å². The van der Waals surface area contributed by atoms with Gasteiger partial charge in [-0.15, -0.1) is 0 Å². The van der Waals surface area contributed by atoms with Gasteiger partial charge >= 0.3 is 6.09 Å². The first-order valence-electron chi connectivity index (χ1n) is 14.0. The van der Waals surface area contributed by atoms with Gasteiger partial charge in [0, 0.05) is 24.6 Å². The fraction of sp³-hybridized carbons (Fsp3) is 0.767. The molecule has 0 aromatic heterocycles. The number of carbonyl (C=O) groups is 1. The second-order valence-electron chi connectivity index (χ2n) is 13.1. The minimum absolute atomic E-state index is 0. The van der Waals surface area contributed by atoms with E-state index in [4.69, 9.17) is 31.1 Å². The summed E-state index contributed by atoms with van der Waals surface area (Å²) in [6.45, 7) is 6.77. The molecule has 6 aliphatic carbocycles. The number of allylic oxidation sites excluding steroid dienone is 2. The normalized spacial score (nSPS) is 28.7. The van der Waals surface area contributed by atoms with Gasteiger partial charge in [-0.25, -0.2) is 4.79 Å². The average molecular weight is 529 g/mol. The van der Waals surface area contributed by atoms with Gasteiger partial charge in [0.25, 0.3) is 0 Å². The number of ether oxygens (including phenoxy) is 3. The van der Waals surface area contributed by atoms with E-state index in [9.17, 15) is 4.79 Å². The van der Waals surface area contributed by atoms with Gasteiger partial charge < -0.3 is 31.1 Å². The molecule has 0 radical (unpaired) electrons. The van der Waals surface area contributed by atoms with Crippen molar-refractivity contribution in [1.29, 1.82) is 5.41 Å². The molecule has 6 rings (SSSR count). The Morgan fingerprint density at radius 2 is 1.24 bits per heavy atom. The topological polar surface area (TPSA) is 133 Å². The molecule has 0 bridgehead atoms. The Morgan fingerprint density at radius 1 is 0.842 bits per heavy atom. The van der Waals surface area contributed by atoms with Crippen molar-refractivity contribution in [2.45, 2.75) is 98.0 Å². The van der Waals surface area contributed by atoms with Crippen molar-refractivity contribution in [3.63, 3.8) is 0 Å². The molecule has 0 aromatic rings. The van der Waals surface area contributed by atoms with Gasteiger partial charge in [0.1, 0.15) is 5.60 Å². The molecule has 0 heterocycles. The van der Waals surface area contributed by atoms with Crippen LogP contribution in [0.5, 0.6) is 0 Å². The SMILES string of the molecule is C.CC(C)(C)OC(=O)/N=C/C=C(\N)OCCC1C2(CC2)C12CC2.N=C/C=C(\N)OCCC1C2(CC2)C12CC2. The molecule has 0 aliphatic heterocycles. The summed E-state index contributed by atoms with van der Waals surface area (Å²) in [6, 6.07) is 0. The van der Waals surface area contributed by atoms with Crippen molar-refractivity contribution in [1.82, 2.24) is 0 Å². The minimum Gasteiger partial charge on any atom is -0.479 e. The van der Waals surface area contributed by atoms with Crippen LogP contribution in [0.4, 0.5) is 4.79 Å². The number of rotatable bonds is 10. The van der Waals surface area contributed by atoms with Gasteiger partial charge in [-0.05, 0) is 118 Å². The second-order valence-corrected chi connectivity index (χ2v) is 13.1. The quantitative estimate of drug-likeness (QED) is 0.233. The Hall–Kier alpha value is -2.51. The molecule has 0 saturated heterocycles. The van der Waals surface area contributed by atoms with Crippen LogP contribution >= 0.6 is 0 Å². The number of aliphatic imine (C=N–C) groups is 1. The summed E-state index contributed by atoms with van der Waals surface area (Å²) in [5.41, 5.74) is 13.7. The summed E-state index contributed by atoms with van der Waals surface area (Å²) >= 11 is 0. The molecule has 38 heavy (non-hydrogen) atoms. The summed E-state index contributed by atoms with van der Waals surface area (Å²) in [5, 5.41) is 6.85. The lowest BCUT2D eigenvalue weighted by Gasteiger charge is -2.16. The first-order valence-corrected chi connectivity index (χ1v) is 14.0. The first-order chi connectivity index (χ1) is 17.5. The number of fused-ring (bicyclic) bond motifs is 2. The standard InChI is InChI=1S/C17H26N2O3.C12H18N2O.CH4/c1-15(2,3)22-14(20)19-10-4-13(18)21-11-5-12-16(6-7-16)17(12)8-9-17;13-7-1-10(14)15-8-2-9-11(3-4-11)12(9)5-6-12;/h4,10,12H,5-9,11,18H2,1-3H3;1,7,9,13H,2-6,8,14H2;1H4/b13-4+,19-10+;10-1+,13-7?;. The first kappa shape index (κ1) is 28.5. The van der Waals surface area contributed by atoms with E-state index in [1.165, 1.54) is 69.7 Å². The molecule has 4 spiro atoms. The van der Waals surface area contributed by atoms with Crippen LogP contribution in [0.15, 0.2) is 28.9 Å². The number of nitrogens with zero attached hydrogens (tertiary/aromatic N) is 1. The van der Waals surface area contributed by atoms with Crippen LogP contribution in [0.3, 0.4) is 0 Å². The fourth-order valence-electron chi connectivity index (χ4n) is 7.94. The molecular weight excluding hydrogens is 480 g/mol. The van der Waals surface area contributed by atoms with Gasteiger partial charge in [-0.1, -0.05) is 7.43 Å². The van der Waals surface area contributed by atoms with E-state index in [-0.39, 0.29) is 7.43 Å². The highest BCUT2D eigenvalue weighted by Gasteiger charge is 2.86. The van der Waals surface area contributed by atoms with Gasteiger partial charge in [0.15, 0.2) is 11.8 Å². The number of nitrogens with one attached hydrogen (secondary N) is 1. The molecule has 6 fully saturated rings. The molecule has 0 unspecified atom stereocenters. The molecule has 0 aromatic carbocycles. The van der Waals surface area contributed by atoms with Crippen molar-refractivity contribution in [2.75, 3.05) is 13.2 Å². The molecule has 8 heteroatoms. The number of hydrogen-bond acceptors (Lipinski definition) is 7. The fourth-order valence-corrected chi connectivity index (χ4v) is 7.94. The number of nitrogens with two attached hydrogens (primary N) is 2. The van der Waals surface area contributed by atoms with E-state index in [1.54, 1.807) is 20.8 Å². The van der Waals surface area contributed by atoms with Crippen LogP contribution in [-0.2, 0) is 14.2 Å². The average Bonchev–Trinajstić information content (AvgIpc) is 3.58. The molecular formula is C30H48N4O4. The Morgan fingerprint density at radius 3 is 1.58 bits per heavy atom. The van der Waals surface area contributed by atoms with Crippen LogP contribution in [0.2, 0.25) is 0 Å². The zero-order chi connectivity index (χ0) is 26.5. The highest BCUT2D eigenvalue weighted by atomic mass is 16.6. The summed E-state index contributed by atoms with van der Waals surface area (Å²) in [6.07, 6.45) is 18.6. The third kappa shape index (κ3) is 5.32. The lowest BCUT2D eigenvalue weighted by molar-refractivity contribution is 0.0605. The van der Waals surface area contributed by atoms with E-state index >= 15 is 0 Å². The smallest absolute Gasteiger partial charge is 0.434 e. The van der Waals surface area contributed by atoms with Crippen molar-refractivity contribution in [3.8, 4) is 0 Å². The molecule has 0 atom stereocenters. The Kier molecular flexibility index (Phi) is 7.43. The van der Waals surface area contributed by atoms with Crippen molar-refractivity contribution in [2.24, 2.45) is 50.0 Å². The highest BCUT2D eigenvalue weighted by molar-refractivity contribution is 5.84. The lowest BCUT2D eigenvalue weighted by atomic mass is 10.2. The van der Waals surface area contributed by atoms with E-state index in [0.29, 0.717) is 29.2 Å². The maximum Gasteiger partial charge on any atom is 0.434 e. The van der Waals surface area contributed by atoms with E-state index in [1.807, 2.05) is 0 Å². The summed E-state index contributed by atoms with van der Waals surface area (Å²) in [7, 11) is 0.